The first-order valence-corrected chi connectivity index (χ1v) is 6.67. The van der Waals surface area contributed by atoms with E-state index in [0.29, 0.717) is 19.6 Å². The van der Waals surface area contributed by atoms with Gasteiger partial charge >= 0.3 is 0 Å². The minimum Gasteiger partial charge on any atom is -0.486 e. The third kappa shape index (κ3) is 2.50. The molecule has 2 aliphatic rings. The van der Waals surface area contributed by atoms with Crippen LogP contribution in [-0.4, -0.2) is 19.0 Å². The minimum absolute atomic E-state index is 0.0361. The average molecular weight is 258 g/mol. The van der Waals surface area contributed by atoms with Crippen molar-refractivity contribution in [3.05, 3.63) is 29.8 Å². The largest absolute Gasteiger partial charge is 0.486 e. The second-order valence-electron chi connectivity index (χ2n) is 6.01. The highest BCUT2D eigenvalue weighted by Crippen LogP contribution is 2.40. The van der Waals surface area contributed by atoms with Gasteiger partial charge in [-0.15, -0.1) is 0 Å². The molecule has 0 spiro atoms. The lowest BCUT2D eigenvalue weighted by Crippen LogP contribution is -2.21. The highest BCUT2D eigenvalue weighted by molar-refractivity contribution is 5.99. The zero-order valence-electron chi connectivity index (χ0n) is 11.4. The first-order valence-electron chi connectivity index (χ1n) is 6.67. The maximum absolute atomic E-state index is 11.8. The summed E-state index contributed by atoms with van der Waals surface area (Å²) in [5.41, 5.74) is 2.19. The highest BCUT2D eigenvalue weighted by atomic mass is 16.6. The topological polar surface area (TPSA) is 35.5 Å². The van der Waals surface area contributed by atoms with Crippen LogP contribution in [0.4, 0.5) is 0 Å². The number of carbonyl (C=O) groups is 1. The summed E-state index contributed by atoms with van der Waals surface area (Å²) in [5.74, 6) is 1.78. The summed E-state index contributed by atoms with van der Waals surface area (Å²) >= 11 is 0. The van der Waals surface area contributed by atoms with Gasteiger partial charge < -0.3 is 9.47 Å². The molecule has 1 aromatic rings. The van der Waals surface area contributed by atoms with E-state index in [9.17, 15) is 4.79 Å². The Balaban J connectivity index is 1.96. The summed E-state index contributed by atoms with van der Waals surface area (Å²) in [6, 6.07) is 5.92. The molecule has 0 N–H and O–H groups in total. The van der Waals surface area contributed by atoms with Crippen molar-refractivity contribution in [3.8, 4) is 11.5 Å². The molecule has 0 amide bonds. The van der Waals surface area contributed by atoms with Crippen LogP contribution in [0, 0.1) is 5.41 Å². The molecule has 19 heavy (non-hydrogen) atoms. The van der Waals surface area contributed by atoms with Gasteiger partial charge in [0.15, 0.2) is 17.3 Å². The van der Waals surface area contributed by atoms with Crippen LogP contribution in [0.2, 0.25) is 0 Å². The van der Waals surface area contributed by atoms with Gasteiger partial charge in [-0.3, -0.25) is 4.79 Å². The van der Waals surface area contributed by atoms with Gasteiger partial charge in [-0.05, 0) is 41.2 Å². The van der Waals surface area contributed by atoms with Crippen LogP contribution in [0.1, 0.15) is 32.3 Å². The Morgan fingerprint density at radius 1 is 1.05 bits per heavy atom. The van der Waals surface area contributed by atoms with Gasteiger partial charge in [-0.1, -0.05) is 19.9 Å². The predicted octanol–water partition coefficient (Wildman–Crippen LogP) is 3.23. The number of benzene rings is 1. The van der Waals surface area contributed by atoms with Crippen LogP contribution in [0.15, 0.2) is 24.3 Å². The van der Waals surface area contributed by atoms with E-state index in [0.717, 1.165) is 29.1 Å². The van der Waals surface area contributed by atoms with Gasteiger partial charge in [0.05, 0.1) is 0 Å². The Morgan fingerprint density at radius 2 is 1.79 bits per heavy atom. The molecule has 0 saturated carbocycles. The van der Waals surface area contributed by atoms with Crippen molar-refractivity contribution >= 4 is 11.4 Å². The van der Waals surface area contributed by atoms with Crippen molar-refractivity contribution in [3.63, 3.8) is 0 Å². The van der Waals surface area contributed by atoms with E-state index in [2.05, 4.69) is 13.8 Å². The predicted molar refractivity (Wildman–Crippen MR) is 73.4 cm³/mol. The van der Waals surface area contributed by atoms with Crippen molar-refractivity contribution in [1.82, 2.24) is 0 Å². The summed E-state index contributed by atoms with van der Waals surface area (Å²) in [6.45, 7) is 5.45. The molecule has 100 valence electrons. The fourth-order valence-electron chi connectivity index (χ4n) is 2.77. The number of ketones is 1. The molecule has 3 heteroatoms. The fraction of sp³-hybridized carbons (Fsp3) is 0.438. The SMILES string of the molecule is CC1(C)CC(=O)C=C(c2ccc3c(c2)OCCO3)C1. The molecule has 1 aliphatic carbocycles. The summed E-state index contributed by atoms with van der Waals surface area (Å²) in [4.78, 5) is 11.8. The van der Waals surface area contributed by atoms with Crippen LogP contribution in [-0.2, 0) is 4.79 Å². The van der Waals surface area contributed by atoms with Crippen LogP contribution in [0.3, 0.4) is 0 Å². The molecule has 0 atom stereocenters. The van der Waals surface area contributed by atoms with E-state index < -0.39 is 0 Å². The second-order valence-corrected chi connectivity index (χ2v) is 6.01. The number of fused-ring (bicyclic) bond motifs is 1. The lowest BCUT2D eigenvalue weighted by molar-refractivity contribution is -0.116. The number of rotatable bonds is 1. The lowest BCUT2D eigenvalue weighted by atomic mass is 9.75. The number of hydrogen-bond acceptors (Lipinski definition) is 3. The summed E-state index contributed by atoms with van der Waals surface area (Å²) in [5, 5.41) is 0. The van der Waals surface area contributed by atoms with E-state index in [1.807, 2.05) is 18.2 Å². The standard InChI is InChI=1S/C16H18O3/c1-16(2)9-12(7-13(17)10-16)11-3-4-14-15(8-11)19-6-5-18-14/h3-4,7-8H,5-6,9-10H2,1-2H3. The van der Waals surface area contributed by atoms with Crippen molar-refractivity contribution in [1.29, 1.82) is 0 Å². The smallest absolute Gasteiger partial charge is 0.161 e. The Hall–Kier alpha value is -1.77. The maximum Gasteiger partial charge on any atom is 0.161 e. The first kappa shape index (κ1) is 12.3. The minimum atomic E-state index is 0.0361. The normalized spacial score (nSPS) is 20.9. The molecular formula is C16H18O3. The number of ether oxygens (including phenoxy) is 2. The van der Waals surface area contributed by atoms with E-state index in [4.69, 9.17) is 9.47 Å². The fourth-order valence-corrected chi connectivity index (χ4v) is 2.77. The molecule has 3 rings (SSSR count). The molecule has 0 bridgehead atoms. The van der Waals surface area contributed by atoms with Gasteiger partial charge in [0.25, 0.3) is 0 Å². The van der Waals surface area contributed by atoms with Crippen LogP contribution in [0.25, 0.3) is 5.57 Å². The lowest BCUT2D eigenvalue weighted by Gasteiger charge is -2.29. The summed E-state index contributed by atoms with van der Waals surface area (Å²) < 4.78 is 11.1. The van der Waals surface area contributed by atoms with Gasteiger partial charge in [0.2, 0.25) is 0 Å². The van der Waals surface area contributed by atoms with Crippen LogP contribution < -0.4 is 9.47 Å². The molecule has 0 saturated heterocycles. The first-order chi connectivity index (χ1) is 9.03. The van der Waals surface area contributed by atoms with Crippen molar-refractivity contribution in [2.45, 2.75) is 26.7 Å². The van der Waals surface area contributed by atoms with Crippen molar-refractivity contribution in [2.75, 3.05) is 13.2 Å². The molecule has 0 radical (unpaired) electrons. The Bertz CT molecular complexity index is 555. The molecule has 3 nitrogen and oxygen atoms in total. The zero-order chi connectivity index (χ0) is 13.5. The van der Waals surface area contributed by atoms with Crippen molar-refractivity contribution < 1.29 is 14.3 Å². The Kier molecular flexibility index (Phi) is 2.85. The Morgan fingerprint density at radius 3 is 2.53 bits per heavy atom. The molecule has 1 heterocycles. The number of carbonyl (C=O) groups excluding carboxylic acids is 1. The number of hydrogen-bond donors (Lipinski definition) is 0. The molecule has 0 fully saturated rings. The van der Waals surface area contributed by atoms with Crippen LogP contribution in [0.5, 0.6) is 11.5 Å². The zero-order valence-corrected chi connectivity index (χ0v) is 11.4. The monoisotopic (exact) mass is 258 g/mol. The van der Waals surface area contributed by atoms with E-state index >= 15 is 0 Å². The summed E-state index contributed by atoms with van der Waals surface area (Å²) in [7, 11) is 0. The molecular weight excluding hydrogens is 240 g/mol. The number of allylic oxidation sites excluding steroid dienone is 2. The third-order valence-electron chi connectivity index (χ3n) is 3.57. The van der Waals surface area contributed by atoms with E-state index in [1.54, 1.807) is 6.08 Å². The van der Waals surface area contributed by atoms with Crippen LogP contribution >= 0.6 is 0 Å². The van der Waals surface area contributed by atoms with Gasteiger partial charge in [-0.2, -0.15) is 0 Å². The van der Waals surface area contributed by atoms with E-state index in [1.165, 1.54) is 0 Å². The third-order valence-corrected chi connectivity index (χ3v) is 3.57. The second kappa shape index (κ2) is 4.41. The van der Waals surface area contributed by atoms with Gasteiger partial charge in [-0.25, -0.2) is 0 Å². The molecule has 1 aliphatic heterocycles. The average Bonchev–Trinajstić information content (AvgIpc) is 2.36. The molecule has 1 aromatic carbocycles. The Labute approximate surface area is 113 Å². The molecule has 0 aromatic heterocycles. The quantitative estimate of drug-likeness (QED) is 0.775. The van der Waals surface area contributed by atoms with E-state index in [-0.39, 0.29) is 11.2 Å². The summed E-state index contributed by atoms with van der Waals surface area (Å²) in [6.07, 6.45) is 3.32. The maximum atomic E-state index is 11.8. The van der Waals surface area contributed by atoms with Gasteiger partial charge in [0, 0.05) is 6.42 Å². The highest BCUT2D eigenvalue weighted by Gasteiger charge is 2.28. The van der Waals surface area contributed by atoms with Crippen molar-refractivity contribution in [2.24, 2.45) is 5.41 Å². The molecule has 0 unspecified atom stereocenters. The van der Waals surface area contributed by atoms with Gasteiger partial charge in [0.1, 0.15) is 13.2 Å².